The number of hydrogen-bond acceptors (Lipinski definition) is 4. The van der Waals surface area contributed by atoms with E-state index in [9.17, 15) is 9.90 Å². The number of amides is 1. The van der Waals surface area contributed by atoms with E-state index >= 15 is 0 Å². The molecule has 1 saturated carbocycles. The minimum Gasteiger partial charge on any atom is -0.508 e. The van der Waals surface area contributed by atoms with Crippen LogP contribution in [-0.2, 0) is 0 Å². The number of hydrogen-bond donors (Lipinski definition) is 1. The van der Waals surface area contributed by atoms with Crippen LogP contribution in [0.5, 0.6) is 11.5 Å². The van der Waals surface area contributed by atoms with Gasteiger partial charge in [0.05, 0.1) is 6.10 Å². The Bertz CT molecular complexity index is 776. The Balaban J connectivity index is 1.36. The zero-order valence-corrected chi connectivity index (χ0v) is 15.5. The molecule has 0 bridgehead atoms. The minimum absolute atomic E-state index is 0.0669. The normalized spacial score (nSPS) is 17.9. The Labute approximate surface area is 160 Å². The van der Waals surface area contributed by atoms with Crippen molar-refractivity contribution in [3.8, 4) is 11.5 Å². The molecule has 2 fully saturated rings. The zero-order chi connectivity index (χ0) is 18.6. The fourth-order valence-electron chi connectivity index (χ4n) is 3.91. The zero-order valence-electron chi connectivity index (χ0n) is 15.5. The number of aromatic hydroxyl groups is 1. The maximum Gasteiger partial charge on any atom is 0.254 e. The third-order valence-corrected chi connectivity index (χ3v) is 5.47. The lowest BCUT2D eigenvalue weighted by Crippen LogP contribution is -2.48. The van der Waals surface area contributed by atoms with E-state index in [1.807, 2.05) is 41.3 Å². The van der Waals surface area contributed by atoms with Crippen molar-refractivity contribution in [1.29, 1.82) is 0 Å². The summed E-state index contributed by atoms with van der Waals surface area (Å²) in [7, 11) is 0. The lowest BCUT2D eigenvalue weighted by molar-refractivity contribution is 0.0746. The van der Waals surface area contributed by atoms with Gasteiger partial charge in [-0.15, -0.1) is 0 Å². The van der Waals surface area contributed by atoms with E-state index in [1.54, 1.807) is 12.1 Å². The SMILES string of the molecule is O=C(c1cccc(OC2CCCC2)c1)N1CCN(c2ccc(O)cc2)CC1. The van der Waals surface area contributed by atoms with Crippen molar-refractivity contribution < 1.29 is 14.6 Å². The van der Waals surface area contributed by atoms with Gasteiger partial charge in [-0.25, -0.2) is 0 Å². The largest absolute Gasteiger partial charge is 0.508 e. The van der Waals surface area contributed by atoms with Gasteiger partial charge < -0.3 is 19.6 Å². The summed E-state index contributed by atoms with van der Waals surface area (Å²) in [6, 6.07) is 14.8. The Hall–Kier alpha value is -2.69. The monoisotopic (exact) mass is 366 g/mol. The molecule has 0 spiro atoms. The van der Waals surface area contributed by atoms with Crippen molar-refractivity contribution >= 4 is 11.6 Å². The maximum absolute atomic E-state index is 12.9. The van der Waals surface area contributed by atoms with Gasteiger partial charge >= 0.3 is 0 Å². The van der Waals surface area contributed by atoms with Crippen molar-refractivity contribution in [2.24, 2.45) is 0 Å². The molecule has 1 aliphatic heterocycles. The average Bonchev–Trinajstić information content (AvgIpc) is 3.21. The molecule has 0 unspecified atom stereocenters. The van der Waals surface area contributed by atoms with Crippen LogP contribution in [0.25, 0.3) is 0 Å². The molecule has 0 radical (unpaired) electrons. The molecule has 1 heterocycles. The Morgan fingerprint density at radius 3 is 2.37 bits per heavy atom. The highest BCUT2D eigenvalue weighted by molar-refractivity contribution is 5.94. The molecule has 2 aromatic carbocycles. The van der Waals surface area contributed by atoms with Crippen LogP contribution < -0.4 is 9.64 Å². The van der Waals surface area contributed by atoms with Crippen molar-refractivity contribution in [3.63, 3.8) is 0 Å². The van der Waals surface area contributed by atoms with E-state index in [4.69, 9.17) is 4.74 Å². The number of anilines is 1. The van der Waals surface area contributed by atoms with Gasteiger partial charge in [0, 0.05) is 37.4 Å². The maximum atomic E-state index is 12.9. The number of carbonyl (C=O) groups excluding carboxylic acids is 1. The van der Waals surface area contributed by atoms with Gasteiger partial charge in [0.1, 0.15) is 11.5 Å². The number of ether oxygens (including phenoxy) is 1. The second-order valence-electron chi connectivity index (χ2n) is 7.35. The number of rotatable bonds is 4. The van der Waals surface area contributed by atoms with Gasteiger partial charge in [-0.1, -0.05) is 6.07 Å². The third kappa shape index (κ3) is 4.18. The van der Waals surface area contributed by atoms with Gasteiger partial charge in [0.25, 0.3) is 5.91 Å². The molecule has 1 aliphatic carbocycles. The van der Waals surface area contributed by atoms with E-state index in [-0.39, 0.29) is 11.7 Å². The number of phenolic OH excluding ortho intramolecular Hbond substituents is 1. The van der Waals surface area contributed by atoms with Gasteiger partial charge in [-0.3, -0.25) is 4.79 Å². The summed E-state index contributed by atoms with van der Waals surface area (Å²) >= 11 is 0. The lowest BCUT2D eigenvalue weighted by atomic mass is 10.1. The van der Waals surface area contributed by atoms with Crippen molar-refractivity contribution in [3.05, 3.63) is 54.1 Å². The number of piperazine rings is 1. The molecular formula is C22H26N2O3. The second kappa shape index (κ2) is 7.91. The highest BCUT2D eigenvalue weighted by Gasteiger charge is 2.23. The Morgan fingerprint density at radius 2 is 1.67 bits per heavy atom. The highest BCUT2D eigenvalue weighted by Crippen LogP contribution is 2.25. The summed E-state index contributed by atoms with van der Waals surface area (Å²) in [5.41, 5.74) is 1.77. The van der Waals surface area contributed by atoms with Crippen molar-refractivity contribution in [2.45, 2.75) is 31.8 Å². The number of phenols is 1. The molecule has 2 aliphatic rings. The van der Waals surface area contributed by atoms with Crippen LogP contribution in [0.15, 0.2) is 48.5 Å². The van der Waals surface area contributed by atoms with Crippen LogP contribution >= 0.6 is 0 Å². The molecule has 5 nitrogen and oxygen atoms in total. The number of benzene rings is 2. The summed E-state index contributed by atoms with van der Waals surface area (Å²) in [4.78, 5) is 17.0. The molecule has 1 N–H and O–H groups in total. The fraction of sp³-hybridized carbons (Fsp3) is 0.409. The van der Waals surface area contributed by atoms with Crippen molar-refractivity contribution in [1.82, 2.24) is 4.90 Å². The van der Waals surface area contributed by atoms with Crippen LogP contribution in [0.3, 0.4) is 0 Å². The van der Waals surface area contributed by atoms with Crippen LogP contribution in [-0.4, -0.2) is 48.2 Å². The van der Waals surface area contributed by atoms with Gasteiger partial charge in [-0.2, -0.15) is 0 Å². The second-order valence-corrected chi connectivity index (χ2v) is 7.35. The summed E-state index contributed by atoms with van der Waals surface area (Å²) in [6.45, 7) is 2.95. The Kier molecular flexibility index (Phi) is 5.19. The molecular weight excluding hydrogens is 340 g/mol. The van der Waals surface area contributed by atoms with Crippen LogP contribution in [0.1, 0.15) is 36.0 Å². The van der Waals surface area contributed by atoms with Crippen LogP contribution in [0, 0.1) is 0 Å². The van der Waals surface area contributed by atoms with E-state index in [2.05, 4.69) is 4.90 Å². The predicted octanol–water partition coefficient (Wildman–Crippen LogP) is 3.68. The van der Waals surface area contributed by atoms with Gasteiger partial charge in [-0.05, 0) is 68.1 Å². The van der Waals surface area contributed by atoms with Gasteiger partial charge in [0.2, 0.25) is 0 Å². The lowest BCUT2D eigenvalue weighted by Gasteiger charge is -2.36. The number of nitrogens with zero attached hydrogens (tertiary/aromatic N) is 2. The van der Waals surface area contributed by atoms with E-state index in [0.717, 1.165) is 37.4 Å². The highest BCUT2D eigenvalue weighted by atomic mass is 16.5. The molecule has 1 saturated heterocycles. The third-order valence-electron chi connectivity index (χ3n) is 5.47. The van der Waals surface area contributed by atoms with Crippen molar-refractivity contribution in [2.75, 3.05) is 31.1 Å². The smallest absolute Gasteiger partial charge is 0.254 e. The summed E-state index contributed by atoms with van der Waals surface area (Å²) in [6.07, 6.45) is 4.97. The molecule has 0 aromatic heterocycles. The molecule has 0 atom stereocenters. The topological polar surface area (TPSA) is 53.0 Å². The standard InChI is InChI=1S/C22H26N2O3/c25-19-10-8-18(9-11-19)23-12-14-24(15-13-23)22(26)17-4-3-7-21(16-17)27-20-5-1-2-6-20/h3-4,7-11,16,20,25H,1-2,5-6,12-15H2. The average molecular weight is 366 g/mol. The van der Waals surface area contributed by atoms with E-state index in [1.165, 1.54) is 12.8 Å². The number of carbonyl (C=O) groups is 1. The first-order chi connectivity index (χ1) is 13.2. The molecule has 1 amide bonds. The molecule has 2 aromatic rings. The van der Waals surface area contributed by atoms with E-state index in [0.29, 0.717) is 24.8 Å². The fourth-order valence-corrected chi connectivity index (χ4v) is 3.91. The first kappa shape index (κ1) is 17.7. The Morgan fingerprint density at radius 1 is 0.963 bits per heavy atom. The summed E-state index contributed by atoms with van der Waals surface area (Å²) in [5.74, 6) is 1.14. The molecule has 4 rings (SSSR count). The first-order valence-electron chi connectivity index (χ1n) is 9.79. The molecule has 5 heteroatoms. The molecule has 142 valence electrons. The minimum atomic E-state index is 0.0669. The van der Waals surface area contributed by atoms with Gasteiger partial charge in [0.15, 0.2) is 0 Å². The first-order valence-corrected chi connectivity index (χ1v) is 9.79. The summed E-state index contributed by atoms with van der Waals surface area (Å²) in [5, 5.41) is 9.43. The van der Waals surface area contributed by atoms with Crippen LogP contribution in [0.4, 0.5) is 5.69 Å². The summed E-state index contributed by atoms with van der Waals surface area (Å²) < 4.78 is 6.04. The molecule has 27 heavy (non-hydrogen) atoms. The van der Waals surface area contributed by atoms with E-state index < -0.39 is 0 Å². The quantitative estimate of drug-likeness (QED) is 0.897. The predicted molar refractivity (Wildman–Crippen MR) is 106 cm³/mol. The van der Waals surface area contributed by atoms with Crippen LogP contribution in [0.2, 0.25) is 0 Å².